The van der Waals surface area contributed by atoms with E-state index in [1.165, 1.54) is 0 Å². The summed E-state index contributed by atoms with van der Waals surface area (Å²) in [4.78, 5) is 42.0. The van der Waals surface area contributed by atoms with Gasteiger partial charge in [0.2, 0.25) is 11.8 Å². The molecule has 0 saturated carbocycles. The SMILES string of the molecule is O=C(NCCNC(=O)[C@H]1CC(=O)N(Cc2ccccc2)C1)c1ccccn1. The average molecular weight is 366 g/mol. The minimum absolute atomic E-state index is 0.0116. The quantitative estimate of drug-likeness (QED) is 0.715. The number of likely N-dealkylation sites (tertiary alicyclic amines) is 1. The summed E-state index contributed by atoms with van der Waals surface area (Å²) in [5, 5.41) is 5.49. The molecule has 3 rings (SSSR count). The van der Waals surface area contributed by atoms with Gasteiger partial charge in [0.1, 0.15) is 5.69 Å². The fourth-order valence-corrected chi connectivity index (χ4v) is 3.00. The highest BCUT2D eigenvalue weighted by Crippen LogP contribution is 2.20. The van der Waals surface area contributed by atoms with Crippen molar-refractivity contribution in [3.05, 3.63) is 66.0 Å². The molecule has 1 saturated heterocycles. The first-order chi connectivity index (χ1) is 13.1. The molecule has 140 valence electrons. The molecule has 2 aromatic rings. The van der Waals surface area contributed by atoms with E-state index in [0.29, 0.717) is 31.9 Å². The lowest BCUT2D eigenvalue weighted by molar-refractivity contribution is -0.129. The van der Waals surface area contributed by atoms with E-state index >= 15 is 0 Å². The van der Waals surface area contributed by atoms with E-state index in [-0.39, 0.29) is 30.1 Å². The number of hydrogen-bond donors (Lipinski definition) is 2. The van der Waals surface area contributed by atoms with Gasteiger partial charge in [-0.3, -0.25) is 19.4 Å². The molecule has 7 nitrogen and oxygen atoms in total. The van der Waals surface area contributed by atoms with Crippen LogP contribution in [0.4, 0.5) is 0 Å². The number of rotatable bonds is 7. The lowest BCUT2D eigenvalue weighted by Crippen LogP contribution is -2.38. The van der Waals surface area contributed by atoms with Crippen LogP contribution in [-0.2, 0) is 16.1 Å². The minimum atomic E-state index is -0.354. The summed E-state index contributed by atoms with van der Waals surface area (Å²) in [5.74, 6) is -0.809. The van der Waals surface area contributed by atoms with Crippen LogP contribution < -0.4 is 10.6 Å². The van der Waals surface area contributed by atoms with Crippen molar-refractivity contribution >= 4 is 17.7 Å². The van der Waals surface area contributed by atoms with E-state index in [1.54, 1.807) is 29.3 Å². The Balaban J connectivity index is 1.40. The molecule has 2 N–H and O–H groups in total. The molecule has 27 heavy (non-hydrogen) atoms. The average Bonchev–Trinajstić information content (AvgIpc) is 3.07. The Hall–Kier alpha value is -3.22. The molecule has 2 heterocycles. The third-order valence-corrected chi connectivity index (χ3v) is 4.41. The Bertz CT molecular complexity index is 795. The van der Waals surface area contributed by atoms with E-state index in [2.05, 4.69) is 15.6 Å². The first-order valence-electron chi connectivity index (χ1n) is 8.92. The number of nitrogens with zero attached hydrogens (tertiary/aromatic N) is 2. The van der Waals surface area contributed by atoms with Gasteiger partial charge >= 0.3 is 0 Å². The Kier molecular flexibility index (Phi) is 6.14. The van der Waals surface area contributed by atoms with Crippen LogP contribution in [0.2, 0.25) is 0 Å². The van der Waals surface area contributed by atoms with Crippen LogP contribution in [0.1, 0.15) is 22.5 Å². The zero-order valence-electron chi connectivity index (χ0n) is 14.9. The third kappa shape index (κ3) is 5.13. The van der Waals surface area contributed by atoms with Crippen LogP contribution in [0, 0.1) is 5.92 Å². The molecule has 1 aromatic heterocycles. The van der Waals surface area contributed by atoms with E-state index in [4.69, 9.17) is 0 Å². The van der Waals surface area contributed by atoms with Gasteiger partial charge in [0.05, 0.1) is 5.92 Å². The molecule has 1 aliphatic heterocycles. The topological polar surface area (TPSA) is 91.4 Å². The second kappa shape index (κ2) is 8.93. The maximum absolute atomic E-state index is 12.3. The molecule has 7 heteroatoms. The fourth-order valence-electron chi connectivity index (χ4n) is 3.00. The number of amides is 3. The monoisotopic (exact) mass is 366 g/mol. The Morgan fingerprint density at radius 1 is 1.04 bits per heavy atom. The highest BCUT2D eigenvalue weighted by Gasteiger charge is 2.33. The van der Waals surface area contributed by atoms with Gasteiger partial charge in [0.25, 0.3) is 5.91 Å². The van der Waals surface area contributed by atoms with Crippen LogP contribution in [0.5, 0.6) is 0 Å². The molecule has 0 unspecified atom stereocenters. The van der Waals surface area contributed by atoms with Crippen molar-refractivity contribution in [1.29, 1.82) is 0 Å². The molecule has 0 radical (unpaired) electrons. The van der Waals surface area contributed by atoms with Crippen LogP contribution >= 0.6 is 0 Å². The number of carbonyl (C=O) groups excluding carboxylic acids is 3. The van der Waals surface area contributed by atoms with Gasteiger partial charge in [0, 0.05) is 38.8 Å². The summed E-state index contributed by atoms with van der Waals surface area (Å²) in [5.41, 5.74) is 1.38. The first-order valence-corrected chi connectivity index (χ1v) is 8.92. The van der Waals surface area contributed by atoms with Gasteiger partial charge in [-0.05, 0) is 17.7 Å². The lowest BCUT2D eigenvalue weighted by atomic mass is 10.1. The number of benzene rings is 1. The predicted molar refractivity (Wildman–Crippen MR) is 99.5 cm³/mol. The highest BCUT2D eigenvalue weighted by molar-refractivity contribution is 5.92. The standard InChI is InChI=1S/C20H22N4O3/c25-18-12-16(14-24(18)13-15-6-2-1-3-7-15)19(26)22-10-11-23-20(27)17-8-4-5-9-21-17/h1-9,16H,10-14H2,(H,22,26)(H,23,27)/t16-/m0/s1. The number of nitrogens with one attached hydrogen (secondary N) is 2. The minimum Gasteiger partial charge on any atom is -0.354 e. The normalized spacial score (nSPS) is 16.2. The molecule has 1 atom stereocenters. The highest BCUT2D eigenvalue weighted by atomic mass is 16.2. The van der Waals surface area contributed by atoms with Gasteiger partial charge in [0.15, 0.2) is 0 Å². The third-order valence-electron chi connectivity index (χ3n) is 4.41. The smallest absolute Gasteiger partial charge is 0.269 e. The zero-order valence-corrected chi connectivity index (χ0v) is 14.9. The van der Waals surface area contributed by atoms with Crippen molar-refractivity contribution in [1.82, 2.24) is 20.5 Å². The Labute approximate surface area is 157 Å². The molecule has 0 aliphatic carbocycles. The summed E-state index contributed by atoms with van der Waals surface area (Å²) in [6.45, 7) is 1.54. The molecule has 0 bridgehead atoms. The van der Waals surface area contributed by atoms with E-state index in [1.807, 2.05) is 30.3 Å². The number of pyridine rings is 1. The maximum Gasteiger partial charge on any atom is 0.269 e. The molecule has 3 amide bonds. The van der Waals surface area contributed by atoms with Gasteiger partial charge < -0.3 is 15.5 Å². The predicted octanol–water partition coefficient (Wildman–Crippen LogP) is 0.976. The maximum atomic E-state index is 12.3. The van der Waals surface area contributed by atoms with Gasteiger partial charge in [-0.2, -0.15) is 0 Å². The van der Waals surface area contributed by atoms with Crippen molar-refractivity contribution in [3.8, 4) is 0 Å². The summed E-state index contributed by atoms with van der Waals surface area (Å²) in [6, 6.07) is 14.8. The van der Waals surface area contributed by atoms with Gasteiger partial charge in [-0.25, -0.2) is 0 Å². The zero-order chi connectivity index (χ0) is 19.1. The lowest BCUT2D eigenvalue weighted by Gasteiger charge is -2.16. The largest absolute Gasteiger partial charge is 0.354 e. The summed E-state index contributed by atoms with van der Waals surface area (Å²) >= 11 is 0. The summed E-state index contributed by atoms with van der Waals surface area (Å²) in [7, 11) is 0. The number of aromatic nitrogens is 1. The molecule has 1 aliphatic rings. The van der Waals surface area contributed by atoms with E-state index in [9.17, 15) is 14.4 Å². The molecule has 0 spiro atoms. The van der Waals surface area contributed by atoms with E-state index < -0.39 is 0 Å². The fraction of sp³-hybridized carbons (Fsp3) is 0.300. The molecule has 1 fully saturated rings. The van der Waals surface area contributed by atoms with Gasteiger partial charge in [-0.15, -0.1) is 0 Å². The molecule has 1 aromatic carbocycles. The number of hydrogen-bond acceptors (Lipinski definition) is 4. The van der Waals surface area contributed by atoms with Gasteiger partial charge in [-0.1, -0.05) is 36.4 Å². The number of carbonyl (C=O) groups is 3. The van der Waals surface area contributed by atoms with Crippen molar-refractivity contribution in [3.63, 3.8) is 0 Å². The Morgan fingerprint density at radius 3 is 2.52 bits per heavy atom. The van der Waals surface area contributed by atoms with Crippen molar-refractivity contribution in [2.75, 3.05) is 19.6 Å². The van der Waals surface area contributed by atoms with E-state index in [0.717, 1.165) is 5.56 Å². The first kappa shape index (κ1) is 18.6. The van der Waals surface area contributed by atoms with Crippen LogP contribution in [0.25, 0.3) is 0 Å². The van der Waals surface area contributed by atoms with Crippen LogP contribution in [-0.4, -0.2) is 47.2 Å². The van der Waals surface area contributed by atoms with Crippen LogP contribution in [0.15, 0.2) is 54.7 Å². The summed E-state index contributed by atoms with van der Waals surface area (Å²) < 4.78 is 0. The molecular formula is C20H22N4O3. The second-order valence-electron chi connectivity index (χ2n) is 6.42. The van der Waals surface area contributed by atoms with Crippen molar-refractivity contribution in [2.45, 2.75) is 13.0 Å². The van der Waals surface area contributed by atoms with Crippen molar-refractivity contribution in [2.24, 2.45) is 5.92 Å². The van der Waals surface area contributed by atoms with Crippen molar-refractivity contribution < 1.29 is 14.4 Å². The molecular weight excluding hydrogens is 344 g/mol. The van der Waals surface area contributed by atoms with Crippen LogP contribution in [0.3, 0.4) is 0 Å². The Morgan fingerprint density at radius 2 is 1.78 bits per heavy atom. The second-order valence-corrected chi connectivity index (χ2v) is 6.42. The summed E-state index contributed by atoms with van der Waals surface area (Å²) in [6.07, 6.45) is 1.77.